The number of amides is 1. The third-order valence-corrected chi connectivity index (χ3v) is 4.01. The molecule has 1 aliphatic rings. The van der Waals surface area contributed by atoms with Crippen LogP contribution in [0.1, 0.15) is 39.2 Å². The van der Waals surface area contributed by atoms with Crippen LogP contribution in [-0.4, -0.2) is 23.9 Å². The summed E-state index contributed by atoms with van der Waals surface area (Å²) in [5.41, 5.74) is 6.45. The van der Waals surface area contributed by atoms with Crippen LogP contribution in [0.15, 0.2) is 30.3 Å². The number of nitrogens with zero attached hydrogens (tertiary/aromatic N) is 1. The Hall–Kier alpha value is -1.35. The van der Waals surface area contributed by atoms with Crippen molar-refractivity contribution in [3.63, 3.8) is 0 Å². The SMILES string of the molecule is CC1(C)CCCN(C(=O)C(C)(N)c2ccccc2)C1. The molecule has 3 nitrogen and oxygen atoms in total. The van der Waals surface area contributed by atoms with Gasteiger partial charge in [-0.2, -0.15) is 0 Å². The number of hydrogen-bond acceptors (Lipinski definition) is 2. The molecule has 0 aliphatic carbocycles. The Bertz CT molecular complexity index is 451. The topological polar surface area (TPSA) is 46.3 Å². The fourth-order valence-electron chi connectivity index (χ4n) is 2.83. The Morgan fingerprint density at radius 3 is 2.53 bits per heavy atom. The highest BCUT2D eigenvalue weighted by Crippen LogP contribution is 2.31. The summed E-state index contributed by atoms with van der Waals surface area (Å²) in [4.78, 5) is 14.6. The van der Waals surface area contributed by atoms with E-state index in [1.165, 1.54) is 6.42 Å². The van der Waals surface area contributed by atoms with Gasteiger partial charge < -0.3 is 10.6 Å². The summed E-state index contributed by atoms with van der Waals surface area (Å²) in [5, 5.41) is 0. The van der Waals surface area contributed by atoms with Crippen molar-refractivity contribution in [3.05, 3.63) is 35.9 Å². The Morgan fingerprint density at radius 1 is 1.32 bits per heavy atom. The van der Waals surface area contributed by atoms with Crippen LogP contribution in [0, 0.1) is 5.41 Å². The van der Waals surface area contributed by atoms with E-state index in [1.807, 2.05) is 42.2 Å². The molecular weight excluding hydrogens is 236 g/mol. The third-order valence-electron chi connectivity index (χ3n) is 4.01. The lowest BCUT2D eigenvalue weighted by atomic mass is 9.82. The van der Waals surface area contributed by atoms with E-state index >= 15 is 0 Å². The van der Waals surface area contributed by atoms with Gasteiger partial charge in [0.2, 0.25) is 5.91 Å². The van der Waals surface area contributed by atoms with Crippen molar-refractivity contribution in [1.82, 2.24) is 4.90 Å². The quantitative estimate of drug-likeness (QED) is 0.888. The van der Waals surface area contributed by atoms with Crippen molar-refractivity contribution in [1.29, 1.82) is 0 Å². The largest absolute Gasteiger partial charge is 0.340 e. The van der Waals surface area contributed by atoms with Gasteiger partial charge in [-0.25, -0.2) is 0 Å². The number of benzene rings is 1. The molecule has 2 N–H and O–H groups in total. The first-order chi connectivity index (χ1) is 8.83. The lowest BCUT2D eigenvalue weighted by Gasteiger charge is -2.41. The molecule has 1 atom stereocenters. The van der Waals surface area contributed by atoms with Crippen LogP contribution >= 0.6 is 0 Å². The fourth-order valence-corrected chi connectivity index (χ4v) is 2.83. The van der Waals surface area contributed by atoms with Crippen LogP contribution in [0.4, 0.5) is 0 Å². The molecule has 1 fully saturated rings. The summed E-state index contributed by atoms with van der Waals surface area (Å²) >= 11 is 0. The van der Waals surface area contributed by atoms with Gasteiger partial charge in [0.05, 0.1) is 0 Å². The molecule has 0 aromatic heterocycles. The zero-order valence-corrected chi connectivity index (χ0v) is 12.1. The van der Waals surface area contributed by atoms with E-state index in [0.29, 0.717) is 0 Å². The minimum absolute atomic E-state index is 0.0338. The van der Waals surface area contributed by atoms with Crippen LogP contribution in [0.2, 0.25) is 0 Å². The number of rotatable bonds is 2. The molecule has 0 saturated carbocycles. The Kier molecular flexibility index (Phi) is 3.68. The van der Waals surface area contributed by atoms with Crippen molar-refractivity contribution in [3.8, 4) is 0 Å². The van der Waals surface area contributed by atoms with Gasteiger partial charge in [0.1, 0.15) is 5.54 Å². The Morgan fingerprint density at radius 2 is 1.95 bits per heavy atom. The minimum Gasteiger partial charge on any atom is -0.340 e. The van der Waals surface area contributed by atoms with Gasteiger partial charge in [-0.15, -0.1) is 0 Å². The highest BCUT2D eigenvalue weighted by atomic mass is 16.2. The van der Waals surface area contributed by atoms with Crippen LogP contribution in [0.5, 0.6) is 0 Å². The molecule has 1 unspecified atom stereocenters. The lowest BCUT2D eigenvalue weighted by molar-refractivity contribution is -0.139. The smallest absolute Gasteiger partial charge is 0.246 e. The van der Waals surface area contributed by atoms with E-state index in [2.05, 4.69) is 13.8 Å². The van der Waals surface area contributed by atoms with Gasteiger partial charge in [0.25, 0.3) is 0 Å². The Balaban J connectivity index is 2.19. The van der Waals surface area contributed by atoms with E-state index in [1.54, 1.807) is 0 Å². The average molecular weight is 260 g/mol. The first kappa shape index (κ1) is 14.1. The second-order valence-electron chi connectivity index (χ2n) is 6.56. The zero-order chi connectivity index (χ0) is 14.1. The number of likely N-dealkylation sites (tertiary alicyclic amines) is 1. The normalized spacial score (nSPS) is 21.8. The van der Waals surface area contributed by atoms with Crippen molar-refractivity contribution < 1.29 is 4.79 Å². The average Bonchev–Trinajstić information content (AvgIpc) is 2.37. The summed E-state index contributed by atoms with van der Waals surface area (Å²) in [7, 11) is 0. The standard InChI is InChI=1S/C16H24N2O/c1-15(2)10-7-11-18(12-15)14(19)16(3,17)13-8-5-4-6-9-13/h4-6,8-9H,7,10-12,17H2,1-3H3. The summed E-state index contributed by atoms with van der Waals surface area (Å²) in [6, 6.07) is 9.63. The molecule has 1 amide bonds. The summed E-state index contributed by atoms with van der Waals surface area (Å²) in [6.07, 6.45) is 2.23. The van der Waals surface area contributed by atoms with Crippen molar-refractivity contribution in [2.45, 2.75) is 39.2 Å². The summed E-state index contributed by atoms with van der Waals surface area (Å²) in [6.45, 7) is 7.85. The van der Waals surface area contributed by atoms with Crippen LogP contribution in [0.25, 0.3) is 0 Å². The molecular formula is C16H24N2O. The molecule has 3 heteroatoms. The first-order valence-electron chi connectivity index (χ1n) is 6.97. The summed E-state index contributed by atoms with van der Waals surface area (Å²) < 4.78 is 0. The highest BCUT2D eigenvalue weighted by molar-refractivity contribution is 5.87. The monoisotopic (exact) mass is 260 g/mol. The third kappa shape index (κ3) is 2.98. The molecule has 0 spiro atoms. The predicted octanol–water partition coefficient (Wildman–Crippen LogP) is 2.51. The molecule has 1 heterocycles. The van der Waals surface area contributed by atoms with E-state index in [4.69, 9.17) is 5.73 Å². The maximum Gasteiger partial charge on any atom is 0.246 e. The Labute approximate surface area is 115 Å². The van der Waals surface area contributed by atoms with Crippen LogP contribution in [-0.2, 0) is 10.3 Å². The van der Waals surface area contributed by atoms with E-state index in [0.717, 1.165) is 25.1 Å². The minimum atomic E-state index is -0.936. The maximum absolute atomic E-state index is 12.7. The van der Waals surface area contributed by atoms with Crippen molar-refractivity contribution in [2.24, 2.45) is 11.1 Å². The first-order valence-corrected chi connectivity index (χ1v) is 6.97. The van der Waals surface area contributed by atoms with Gasteiger partial charge in [0, 0.05) is 13.1 Å². The second kappa shape index (κ2) is 4.97. The molecule has 19 heavy (non-hydrogen) atoms. The highest BCUT2D eigenvalue weighted by Gasteiger charge is 2.38. The van der Waals surface area contributed by atoms with Gasteiger partial charge >= 0.3 is 0 Å². The van der Waals surface area contributed by atoms with E-state index in [-0.39, 0.29) is 11.3 Å². The van der Waals surface area contributed by atoms with Crippen molar-refractivity contribution >= 4 is 5.91 Å². The molecule has 1 aromatic carbocycles. The molecule has 104 valence electrons. The number of hydrogen-bond donors (Lipinski definition) is 1. The summed E-state index contributed by atoms with van der Waals surface area (Å²) in [5.74, 6) is 0.0338. The number of piperidine rings is 1. The van der Waals surface area contributed by atoms with Gasteiger partial charge in [-0.05, 0) is 30.7 Å². The molecule has 1 aromatic rings. The lowest BCUT2D eigenvalue weighted by Crippen LogP contribution is -2.54. The predicted molar refractivity (Wildman–Crippen MR) is 77.6 cm³/mol. The number of nitrogens with two attached hydrogens (primary N) is 1. The second-order valence-corrected chi connectivity index (χ2v) is 6.56. The molecule has 1 saturated heterocycles. The van der Waals surface area contributed by atoms with Gasteiger partial charge in [-0.1, -0.05) is 44.2 Å². The van der Waals surface area contributed by atoms with Gasteiger partial charge in [0.15, 0.2) is 0 Å². The zero-order valence-electron chi connectivity index (χ0n) is 12.1. The molecule has 0 bridgehead atoms. The van der Waals surface area contributed by atoms with Crippen LogP contribution in [0.3, 0.4) is 0 Å². The van der Waals surface area contributed by atoms with Gasteiger partial charge in [-0.3, -0.25) is 4.79 Å². The van der Waals surface area contributed by atoms with E-state index < -0.39 is 5.54 Å². The van der Waals surface area contributed by atoms with Crippen LogP contribution < -0.4 is 5.73 Å². The number of carbonyl (C=O) groups is 1. The molecule has 2 rings (SSSR count). The maximum atomic E-state index is 12.7. The fraction of sp³-hybridized carbons (Fsp3) is 0.562. The molecule has 0 radical (unpaired) electrons. The van der Waals surface area contributed by atoms with Crippen molar-refractivity contribution in [2.75, 3.05) is 13.1 Å². The number of carbonyl (C=O) groups excluding carboxylic acids is 1. The molecule has 1 aliphatic heterocycles. The van der Waals surface area contributed by atoms with E-state index in [9.17, 15) is 4.79 Å².